The van der Waals surface area contributed by atoms with Gasteiger partial charge in [-0.3, -0.25) is 4.79 Å². The lowest BCUT2D eigenvalue weighted by molar-refractivity contribution is 0.0991. The second kappa shape index (κ2) is 6.77. The van der Waals surface area contributed by atoms with Gasteiger partial charge >= 0.3 is 0 Å². The summed E-state index contributed by atoms with van der Waals surface area (Å²) >= 11 is 3.29. The van der Waals surface area contributed by atoms with Crippen molar-refractivity contribution in [2.45, 2.75) is 12.8 Å². The molecule has 0 aromatic heterocycles. The van der Waals surface area contributed by atoms with E-state index in [2.05, 4.69) is 15.9 Å². The average molecular weight is 336 g/mol. The van der Waals surface area contributed by atoms with E-state index in [1.807, 2.05) is 18.2 Å². The number of hydrogen-bond donors (Lipinski definition) is 1. The third kappa shape index (κ3) is 3.52. The van der Waals surface area contributed by atoms with Crippen molar-refractivity contribution in [3.05, 3.63) is 69.4 Å². The Labute approximate surface area is 125 Å². The molecule has 0 atom stereocenters. The van der Waals surface area contributed by atoms with Crippen LogP contribution in [0.15, 0.2) is 46.9 Å². The highest BCUT2D eigenvalue weighted by atomic mass is 79.9. The highest BCUT2D eigenvalue weighted by molar-refractivity contribution is 9.10. The van der Waals surface area contributed by atoms with Gasteiger partial charge in [-0.1, -0.05) is 40.2 Å². The van der Waals surface area contributed by atoms with Crippen LogP contribution in [0.5, 0.6) is 0 Å². The molecule has 0 amide bonds. The van der Waals surface area contributed by atoms with Gasteiger partial charge in [-0.25, -0.2) is 4.39 Å². The monoisotopic (exact) mass is 335 g/mol. The van der Waals surface area contributed by atoms with Crippen molar-refractivity contribution in [1.29, 1.82) is 0 Å². The molecule has 4 heteroatoms. The Hall–Kier alpha value is -1.52. The molecule has 0 saturated carbocycles. The van der Waals surface area contributed by atoms with Crippen LogP contribution >= 0.6 is 15.9 Å². The topological polar surface area (TPSA) is 43.1 Å². The number of ketones is 1. The normalized spacial score (nSPS) is 10.6. The lowest BCUT2D eigenvalue weighted by atomic mass is 9.97. The van der Waals surface area contributed by atoms with E-state index in [1.54, 1.807) is 18.2 Å². The second-order valence-electron chi connectivity index (χ2n) is 4.53. The summed E-state index contributed by atoms with van der Waals surface area (Å²) < 4.78 is 14.5. The van der Waals surface area contributed by atoms with E-state index in [-0.39, 0.29) is 18.0 Å². The highest BCUT2D eigenvalue weighted by Gasteiger charge is 2.13. The van der Waals surface area contributed by atoms with E-state index in [9.17, 15) is 9.18 Å². The molecule has 0 saturated heterocycles. The van der Waals surface area contributed by atoms with E-state index in [0.717, 1.165) is 10.0 Å². The Morgan fingerprint density at radius 1 is 1.15 bits per heavy atom. The number of carbonyl (C=O) groups is 1. The Kier molecular flexibility index (Phi) is 5.04. The maximum atomic E-state index is 13.7. The minimum atomic E-state index is -0.363. The molecular weight excluding hydrogens is 321 g/mol. The van der Waals surface area contributed by atoms with Gasteiger partial charge in [0.25, 0.3) is 0 Å². The van der Waals surface area contributed by atoms with Gasteiger partial charge in [0.1, 0.15) is 5.82 Å². The fraction of sp³-hybridized carbons (Fsp3) is 0.188. The third-order valence-corrected chi connectivity index (χ3v) is 3.58. The molecule has 2 aromatic rings. The lowest BCUT2D eigenvalue weighted by Gasteiger charge is -2.08. The quantitative estimate of drug-likeness (QED) is 0.849. The van der Waals surface area contributed by atoms with E-state index in [4.69, 9.17) is 5.73 Å². The maximum absolute atomic E-state index is 13.7. The van der Waals surface area contributed by atoms with Crippen LogP contribution in [0.3, 0.4) is 0 Å². The summed E-state index contributed by atoms with van der Waals surface area (Å²) in [6.07, 6.45) is 0.690. The van der Waals surface area contributed by atoms with E-state index in [1.165, 1.54) is 6.07 Å². The Balaban J connectivity index is 2.26. The van der Waals surface area contributed by atoms with Crippen molar-refractivity contribution < 1.29 is 9.18 Å². The SMILES string of the molecule is NCCc1ccccc1C(=O)Cc1cc(Br)ccc1F. The van der Waals surface area contributed by atoms with E-state index >= 15 is 0 Å². The first kappa shape index (κ1) is 14.9. The van der Waals surface area contributed by atoms with Crippen LogP contribution in [-0.2, 0) is 12.8 Å². The predicted octanol–water partition coefficient (Wildman–Crippen LogP) is 3.51. The van der Waals surface area contributed by atoms with Crippen LogP contribution in [0.25, 0.3) is 0 Å². The minimum absolute atomic E-state index is 0.0485. The van der Waals surface area contributed by atoms with Crippen molar-refractivity contribution in [3.63, 3.8) is 0 Å². The number of nitrogens with two attached hydrogens (primary N) is 1. The van der Waals surface area contributed by atoms with E-state index in [0.29, 0.717) is 24.1 Å². The molecule has 0 spiro atoms. The van der Waals surface area contributed by atoms with Crippen molar-refractivity contribution in [3.8, 4) is 0 Å². The summed E-state index contributed by atoms with van der Waals surface area (Å²) in [5, 5.41) is 0. The summed E-state index contributed by atoms with van der Waals surface area (Å²) in [6, 6.07) is 12.0. The molecule has 0 heterocycles. The largest absolute Gasteiger partial charge is 0.330 e. The molecule has 2 aromatic carbocycles. The number of benzene rings is 2. The summed E-state index contributed by atoms with van der Waals surface area (Å²) in [5.74, 6) is -0.455. The van der Waals surface area contributed by atoms with Crippen LogP contribution in [0.2, 0.25) is 0 Å². The molecular formula is C16H15BrFNO. The Bertz CT molecular complexity index is 628. The maximum Gasteiger partial charge on any atom is 0.167 e. The van der Waals surface area contributed by atoms with Gasteiger partial charge in [0, 0.05) is 16.5 Å². The molecule has 0 aliphatic carbocycles. The number of hydrogen-bond acceptors (Lipinski definition) is 2. The van der Waals surface area contributed by atoms with Gasteiger partial charge in [0.15, 0.2) is 5.78 Å². The molecule has 0 aliphatic heterocycles. The fourth-order valence-electron chi connectivity index (χ4n) is 2.11. The molecule has 0 bridgehead atoms. The molecule has 0 aliphatic rings. The molecule has 2 N–H and O–H groups in total. The Morgan fingerprint density at radius 2 is 1.90 bits per heavy atom. The standard InChI is InChI=1S/C16H15BrFNO/c17-13-5-6-15(18)12(9-13)10-16(20)14-4-2-1-3-11(14)7-8-19/h1-6,9H,7-8,10,19H2. The van der Waals surface area contributed by atoms with Crippen LogP contribution in [0, 0.1) is 5.82 Å². The molecule has 0 unspecified atom stereocenters. The number of Topliss-reactive ketones (excluding diaryl/α,β-unsaturated/α-hetero) is 1. The van der Waals surface area contributed by atoms with Gasteiger partial charge in [0.05, 0.1) is 0 Å². The van der Waals surface area contributed by atoms with Crippen molar-refractivity contribution in [1.82, 2.24) is 0 Å². The molecule has 0 radical (unpaired) electrons. The molecule has 0 fully saturated rings. The zero-order chi connectivity index (χ0) is 14.5. The fourth-order valence-corrected chi connectivity index (χ4v) is 2.52. The first-order chi connectivity index (χ1) is 9.61. The lowest BCUT2D eigenvalue weighted by Crippen LogP contribution is -2.11. The molecule has 104 valence electrons. The summed E-state index contributed by atoms with van der Waals surface area (Å²) in [6.45, 7) is 0.482. The summed E-state index contributed by atoms with van der Waals surface area (Å²) in [7, 11) is 0. The predicted molar refractivity (Wildman–Crippen MR) is 81.3 cm³/mol. The highest BCUT2D eigenvalue weighted by Crippen LogP contribution is 2.19. The smallest absolute Gasteiger partial charge is 0.167 e. The minimum Gasteiger partial charge on any atom is -0.330 e. The zero-order valence-corrected chi connectivity index (χ0v) is 12.5. The van der Waals surface area contributed by atoms with Crippen LogP contribution in [-0.4, -0.2) is 12.3 Å². The number of carbonyl (C=O) groups excluding carboxylic acids is 1. The van der Waals surface area contributed by atoms with Crippen LogP contribution < -0.4 is 5.73 Å². The Morgan fingerprint density at radius 3 is 2.65 bits per heavy atom. The first-order valence-electron chi connectivity index (χ1n) is 6.37. The average Bonchev–Trinajstić information content (AvgIpc) is 2.44. The molecule has 20 heavy (non-hydrogen) atoms. The van der Waals surface area contributed by atoms with Crippen molar-refractivity contribution >= 4 is 21.7 Å². The van der Waals surface area contributed by atoms with Crippen molar-refractivity contribution in [2.24, 2.45) is 5.73 Å². The molecule has 2 nitrogen and oxygen atoms in total. The third-order valence-electron chi connectivity index (χ3n) is 3.09. The van der Waals surface area contributed by atoms with Gasteiger partial charge in [-0.15, -0.1) is 0 Å². The second-order valence-corrected chi connectivity index (χ2v) is 5.45. The summed E-state index contributed by atoms with van der Waals surface area (Å²) in [4.78, 5) is 12.4. The number of halogens is 2. The van der Waals surface area contributed by atoms with Gasteiger partial charge < -0.3 is 5.73 Å². The van der Waals surface area contributed by atoms with Crippen LogP contribution in [0.4, 0.5) is 4.39 Å². The van der Waals surface area contributed by atoms with E-state index < -0.39 is 0 Å². The first-order valence-corrected chi connectivity index (χ1v) is 7.16. The summed E-state index contributed by atoms with van der Waals surface area (Å²) in [5.41, 5.74) is 7.48. The molecule has 2 rings (SSSR count). The van der Waals surface area contributed by atoms with Gasteiger partial charge in [-0.05, 0) is 42.3 Å². The van der Waals surface area contributed by atoms with Gasteiger partial charge in [-0.2, -0.15) is 0 Å². The zero-order valence-electron chi connectivity index (χ0n) is 10.9. The number of rotatable bonds is 5. The van der Waals surface area contributed by atoms with Crippen molar-refractivity contribution in [2.75, 3.05) is 6.54 Å². The van der Waals surface area contributed by atoms with Crippen LogP contribution in [0.1, 0.15) is 21.5 Å². The van der Waals surface area contributed by atoms with Gasteiger partial charge in [0.2, 0.25) is 0 Å².